The van der Waals surface area contributed by atoms with E-state index in [0.29, 0.717) is 37.8 Å². The molecular formula is C19H21NO7S. The van der Waals surface area contributed by atoms with E-state index in [2.05, 4.69) is 0 Å². The summed E-state index contributed by atoms with van der Waals surface area (Å²) in [5, 5.41) is 0. The molecule has 150 valence electrons. The van der Waals surface area contributed by atoms with Crippen molar-refractivity contribution in [1.29, 1.82) is 0 Å². The average molecular weight is 407 g/mol. The van der Waals surface area contributed by atoms with Gasteiger partial charge in [-0.3, -0.25) is 0 Å². The van der Waals surface area contributed by atoms with Gasteiger partial charge in [0.25, 0.3) is 0 Å². The lowest BCUT2D eigenvalue weighted by atomic mass is 10.2. The van der Waals surface area contributed by atoms with Gasteiger partial charge in [-0.1, -0.05) is 6.07 Å². The molecule has 0 radical (unpaired) electrons. The van der Waals surface area contributed by atoms with Gasteiger partial charge in [0.15, 0.2) is 11.5 Å². The molecule has 1 heterocycles. The molecule has 1 aliphatic heterocycles. The first kappa shape index (κ1) is 20.1. The number of rotatable bonds is 6. The Morgan fingerprint density at radius 2 is 1.54 bits per heavy atom. The zero-order valence-electron chi connectivity index (χ0n) is 15.6. The number of hydrogen-bond donors (Lipinski definition) is 0. The molecule has 1 saturated heterocycles. The number of morpholine rings is 1. The van der Waals surface area contributed by atoms with E-state index in [1.165, 1.54) is 42.8 Å². The normalized spacial score (nSPS) is 15.1. The fraction of sp³-hybridized carbons (Fsp3) is 0.316. The summed E-state index contributed by atoms with van der Waals surface area (Å²) in [5.41, 5.74) is 0.203. The van der Waals surface area contributed by atoms with Crippen LogP contribution in [0.3, 0.4) is 0 Å². The van der Waals surface area contributed by atoms with Crippen LogP contribution < -0.4 is 14.2 Å². The van der Waals surface area contributed by atoms with E-state index in [9.17, 15) is 13.2 Å². The molecule has 28 heavy (non-hydrogen) atoms. The summed E-state index contributed by atoms with van der Waals surface area (Å²) in [6.07, 6.45) is 0. The van der Waals surface area contributed by atoms with Gasteiger partial charge in [0, 0.05) is 13.1 Å². The molecule has 1 aliphatic rings. The number of benzene rings is 2. The van der Waals surface area contributed by atoms with Gasteiger partial charge >= 0.3 is 5.97 Å². The van der Waals surface area contributed by atoms with Crippen molar-refractivity contribution in [2.45, 2.75) is 4.90 Å². The van der Waals surface area contributed by atoms with Gasteiger partial charge in [-0.05, 0) is 36.4 Å². The summed E-state index contributed by atoms with van der Waals surface area (Å²) in [4.78, 5) is 12.6. The first-order chi connectivity index (χ1) is 13.5. The van der Waals surface area contributed by atoms with E-state index in [4.69, 9.17) is 18.9 Å². The van der Waals surface area contributed by atoms with E-state index in [1.54, 1.807) is 18.2 Å². The molecule has 0 bridgehead atoms. The van der Waals surface area contributed by atoms with Gasteiger partial charge < -0.3 is 18.9 Å². The van der Waals surface area contributed by atoms with Crippen LogP contribution in [0.5, 0.6) is 17.2 Å². The highest BCUT2D eigenvalue weighted by atomic mass is 32.2. The van der Waals surface area contributed by atoms with Crippen LogP contribution in [0.2, 0.25) is 0 Å². The van der Waals surface area contributed by atoms with E-state index < -0.39 is 16.0 Å². The summed E-state index contributed by atoms with van der Waals surface area (Å²) in [5.74, 6) is 0.194. The van der Waals surface area contributed by atoms with E-state index in [0.717, 1.165) is 0 Å². The fourth-order valence-electron chi connectivity index (χ4n) is 2.77. The number of nitrogens with zero attached hydrogens (tertiary/aromatic N) is 1. The second-order valence-corrected chi connectivity index (χ2v) is 7.86. The lowest BCUT2D eigenvalue weighted by Crippen LogP contribution is -2.40. The molecule has 0 spiro atoms. The summed E-state index contributed by atoms with van der Waals surface area (Å²) >= 11 is 0. The molecule has 0 unspecified atom stereocenters. The largest absolute Gasteiger partial charge is 0.493 e. The number of carbonyl (C=O) groups is 1. The monoisotopic (exact) mass is 407 g/mol. The second-order valence-electron chi connectivity index (χ2n) is 5.92. The lowest BCUT2D eigenvalue weighted by Gasteiger charge is -2.26. The number of esters is 1. The van der Waals surface area contributed by atoms with E-state index in [1.807, 2.05) is 0 Å². The van der Waals surface area contributed by atoms with Crippen molar-refractivity contribution in [1.82, 2.24) is 4.31 Å². The predicted molar refractivity (Wildman–Crippen MR) is 101 cm³/mol. The van der Waals surface area contributed by atoms with Crippen LogP contribution in [0.1, 0.15) is 10.4 Å². The van der Waals surface area contributed by atoms with Gasteiger partial charge in [0.05, 0.1) is 37.9 Å². The van der Waals surface area contributed by atoms with Gasteiger partial charge in [0.2, 0.25) is 15.8 Å². The standard InChI is InChI=1S/C19H21NO7S/c1-24-16-4-3-5-17(25-2)18(16)27-19(21)14-6-8-15(9-7-14)28(22,23)20-10-12-26-13-11-20/h3-9H,10-13H2,1-2H3. The molecule has 0 aliphatic carbocycles. The second kappa shape index (κ2) is 8.59. The van der Waals surface area contributed by atoms with Crippen LogP contribution in [-0.2, 0) is 14.8 Å². The Morgan fingerprint density at radius 3 is 2.07 bits per heavy atom. The highest BCUT2D eigenvalue weighted by Gasteiger charge is 2.26. The van der Waals surface area contributed by atoms with Gasteiger partial charge in [-0.15, -0.1) is 0 Å². The third kappa shape index (κ3) is 4.11. The van der Waals surface area contributed by atoms with Crippen molar-refractivity contribution >= 4 is 16.0 Å². The molecule has 2 aromatic carbocycles. The van der Waals surface area contributed by atoms with Gasteiger partial charge in [-0.25, -0.2) is 13.2 Å². The minimum atomic E-state index is -3.62. The Hall–Kier alpha value is -2.62. The zero-order chi connectivity index (χ0) is 20.1. The van der Waals surface area contributed by atoms with Crippen LogP contribution in [0.15, 0.2) is 47.4 Å². The molecule has 0 atom stereocenters. The average Bonchev–Trinajstić information content (AvgIpc) is 2.74. The fourth-order valence-corrected chi connectivity index (χ4v) is 4.18. The SMILES string of the molecule is COc1cccc(OC)c1OC(=O)c1ccc(S(=O)(=O)N2CCOCC2)cc1. The van der Waals surface area contributed by atoms with Crippen LogP contribution in [-0.4, -0.2) is 59.2 Å². The van der Waals surface area contributed by atoms with Crippen LogP contribution in [0.4, 0.5) is 0 Å². The van der Waals surface area contributed by atoms with Crippen LogP contribution in [0.25, 0.3) is 0 Å². The molecule has 2 aromatic rings. The Balaban J connectivity index is 1.80. The molecule has 3 rings (SSSR count). The smallest absolute Gasteiger partial charge is 0.343 e. The van der Waals surface area contributed by atoms with Crippen LogP contribution >= 0.6 is 0 Å². The Bertz CT molecular complexity index is 913. The first-order valence-corrected chi connectivity index (χ1v) is 10.0. The van der Waals surface area contributed by atoms with E-state index >= 15 is 0 Å². The number of carbonyl (C=O) groups excluding carboxylic acids is 1. The topological polar surface area (TPSA) is 91.4 Å². The molecule has 0 saturated carbocycles. The minimum Gasteiger partial charge on any atom is -0.493 e. The molecule has 0 aromatic heterocycles. The molecular weight excluding hydrogens is 386 g/mol. The Morgan fingerprint density at radius 1 is 0.964 bits per heavy atom. The van der Waals surface area contributed by atoms with Gasteiger partial charge in [-0.2, -0.15) is 4.31 Å². The van der Waals surface area contributed by atoms with Crippen molar-refractivity contribution in [2.24, 2.45) is 0 Å². The molecule has 9 heteroatoms. The zero-order valence-corrected chi connectivity index (χ0v) is 16.4. The number of ether oxygens (including phenoxy) is 4. The van der Waals surface area contributed by atoms with Crippen molar-refractivity contribution in [2.75, 3.05) is 40.5 Å². The highest BCUT2D eigenvalue weighted by Crippen LogP contribution is 2.37. The molecule has 8 nitrogen and oxygen atoms in total. The summed E-state index contributed by atoms with van der Waals surface area (Å²) in [7, 11) is -0.712. The Labute approximate surface area is 163 Å². The summed E-state index contributed by atoms with van der Waals surface area (Å²) in [6.45, 7) is 1.34. The third-order valence-electron chi connectivity index (χ3n) is 4.28. The summed E-state index contributed by atoms with van der Waals surface area (Å²) < 4.78 is 47.7. The number of hydrogen-bond acceptors (Lipinski definition) is 7. The molecule has 1 fully saturated rings. The van der Waals surface area contributed by atoms with Crippen molar-refractivity contribution in [3.63, 3.8) is 0 Å². The maximum atomic E-state index is 12.6. The maximum Gasteiger partial charge on any atom is 0.343 e. The van der Waals surface area contributed by atoms with Gasteiger partial charge in [0.1, 0.15) is 0 Å². The highest BCUT2D eigenvalue weighted by molar-refractivity contribution is 7.89. The third-order valence-corrected chi connectivity index (χ3v) is 6.19. The molecule has 0 N–H and O–H groups in total. The number of sulfonamides is 1. The minimum absolute atomic E-state index is 0.112. The van der Waals surface area contributed by atoms with Crippen LogP contribution in [0, 0.1) is 0 Å². The lowest BCUT2D eigenvalue weighted by molar-refractivity contribution is 0.0724. The number of methoxy groups -OCH3 is 2. The van der Waals surface area contributed by atoms with Crippen molar-refractivity contribution in [3.8, 4) is 17.2 Å². The summed E-state index contributed by atoms with van der Waals surface area (Å²) in [6, 6.07) is 10.6. The Kier molecular flexibility index (Phi) is 6.18. The first-order valence-electron chi connectivity index (χ1n) is 8.58. The van der Waals surface area contributed by atoms with E-state index in [-0.39, 0.29) is 16.2 Å². The maximum absolute atomic E-state index is 12.6. The van der Waals surface area contributed by atoms with Crippen molar-refractivity contribution < 1.29 is 32.2 Å². The number of para-hydroxylation sites is 1. The quantitative estimate of drug-likeness (QED) is 0.534. The predicted octanol–water partition coefficient (Wildman–Crippen LogP) is 1.94. The van der Waals surface area contributed by atoms with Crippen molar-refractivity contribution in [3.05, 3.63) is 48.0 Å². The molecule has 0 amide bonds.